The first-order chi connectivity index (χ1) is 8.11. The Morgan fingerprint density at radius 3 is 2.35 bits per heavy atom. The molecule has 2 aromatic rings. The highest BCUT2D eigenvalue weighted by Crippen LogP contribution is 2.18. The van der Waals surface area contributed by atoms with Crippen molar-refractivity contribution >= 4 is 11.5 Å². The van der Waals surface area contributed by atoms with E-state index in [0.29, 0.717) is 0 Å². The molecule has 2 rings (SSSR count). The maximum atomic E-state index is 13.4. The minimum absolute atomic E-state index is 0.0835. The lowest BCUT2D eigenvalue weighted by Crippen LogP contribution is -2.11. The number of benzene rings is 1. The normalized spacial score (nSPS) is 10.2. The van der Waals surface area contributed by atoms with Crippen LogP contribution < -0.4 is 5.73 Å². The molecule has 0 unspecified atom stereocenters. The van der Waals surface area contributed by atoms with Crippen molar-refractivity contribution in [1.82, 2.24) is 4.98 Å². The molecule has 1 heterocycles. The molecule has 2 N–H and O–H groups in total. The molecule has 0 bridgehead atoms. The van der Waals surface area contributed by atoms with E-state index in [1.807, 2.05) is 0 Å². The Bertz CT molecular complexity index is 564. The third-order valence-corrected chi connectivity index (χ3v) is 2.24. The van der Waals surface area contributed by atoms with Crippen LogP contribution in [0.3, 0.4) is 0 Å². The number of nitrogen functional groups attached to an aromatic ring is 1. The third-order valence-electron chi connectivity index (χ3n) is 2.24. The van der Waals surface area contributed by atoms with E-state index in [2.05, 4.69) is 4.98 Å². The van der Waals surface area contributed by atoms with E-state index >= 15 is 0 Å². The van der Waals surface area contributed by atoms with Gasteiger partial charge in [0.25, 0.3) is 0 Å². The zero-order valence-corrected chi connectivity index (χ0v) is 8.65. The second kappa shape index (κ2) is 4.29. The van der Waals surface area contributed by atoms with Crippen LogP contribution in [0, 0.1) is 11.6 Å². The van der Waals surface area contributed by atoms with E-state index in [4.69, 9.17) is 5.73 Å². The fourth-order valence-electron chi connectivity index (χ4n) is 1.44. The topological polar surface area (TPSA) is 56.0 Å². The van der Waals surface area contributed by atoms with Gasteiger partial charge in [0.05, 0.1) is 11.3 Å². The Hall–Kier alpha value is -2.30. The number of aromatic nitrogens is 1. The lowest BCUT2D eigenvalue weighted by atomic mass is 10.1. The number of nitrogens with two attached hydrogens (primary N) is 1. The zero-order valence-electron chi connectivity index (χ0n) is 8.65. The van der Waals surface area contributed by atoms with Crippen molar-refractivity contribution in [2.45, 2.75) is 0 Å². The summed E-state index contributed by atoms with van der Waals surface area (Å²) in [5.41, 5.74) is 4.82. The Balaban J connectivity index is 2.56. The SMILES string of the molecule is Nc1cccnc1C(=O)c1c(F)cccc1F. The number of carbonyl (C=O) groups is 1. The van der Waals surface area contributed by atoms with Crippen molar-refractivity contribution in [3.63, 3.8) is 0 Å². The van der Waals surface area contributed by atoms with Crippen molar-refractivity contribution in [2.24, 2.45) is 0 Å². The van der Waals surface area contributed by atoms with Crippen LogP contribution in [0.5, 0.6) is 0 Å². The summed E-state index contributed by atoms with van der Waals surface area (Å²) in [5.74, 6) is -2.72. The van der Waals surface area contributed by atoms with E-state index < -0.39 is 23.0 Å². The van der Waals surface area contributed by atoms with Gasteiger partial charge >= 0.3 is 0 Å². The Labute approximate surface area is 95.9 Å². The van der Waals surface area contributed by atoms with Crippen molar-refractivity contribution in [3.8, 4) is 0 Å². The fourth-order valence-corrected chi connectivity index (χ4v) is 1.44. The Morgan fingerprint density at radius 1 is 1.12 bits per heavy atom. The smallest absolute Gasteiger partial charge is 0.219 e. The van der Waals surface area contributed by atoms with Crippen molar-refractivity contribution in [1.29, 1.82) is 0 Å². The minimum atomic E-state index is -0.931. The zero-order chi connectivity index (χ0) is 12.4. The van der Waals surface area contributed by atoms with Gasteiger partial charge in [-0.05, 0) is 24.3 Å². The van der Waals surface area contributed by atoms with Gasteiger partial charge in [-0.3, -0.25) is 9.78 Å². The van der Waals surface area contributed by atoms with Crippen LogP contribution in [-0.2, 0) is 0 Å². The monoisotopic (exact) mass is 234 g/mol. The van der Waals surface area contributed by atoms with Crippen LogP contribution in [0.25, 0.3) is 0 Å². The molecule has 0 saturated carbocycles. The second-order valence-electron chi connectivity index (χ2n) is 3.37. The average molecular weight is 234 g/mol. The molecule has 0 saturated heterocycles. The van der Waals surface area contributed by atoms with E-state index in [-0.39, 0.29) is 11.4 Å². The van der Waals surface area contributed by atoms with Gasteiger partial charge < -0.3 is 5.73 Å². The molecule has 17 heavy (non-hydrogen) atoms. The molecule has 0 amide bonds. The van der Waals surface area contributed by atoms with Crippen LogP contribution in [-0.4, -0.2) is 10.8 Å². The largest absolute Gasteiger partial charge is 0.397 e. The van der Waals surface area contributed by atoms with Crippen molar-refractivity contribution < 1.29 is 13.6 Å². The Morgan fingerprint density at radius 2 is 1.76 bits per heavy atom. The number of anilines is 1. The standard InChI is InChI=1S/C12H8F2N2O/c13-7-3-1-4-8(14)10(7)12(17)11-9(15)5-2-6-16-11/h1-6H,15H2. The molecule has 0 atom stereocenters. The third kappa shape index (κ3) is 1.99. The second-order valence-corrected chi connectivity index (χ2v) is 3.37. The summed E-state index contributed by atoms with van der Waals surface area (Å²) >= 11 is 0. The average Bonchev–Trinajstić information content (AvgIpc) is 2.29. The molecular formula is C12H8F2N2O. The number of rotatable bonds is 2. The van der Waals surface area contributed by atoms with Crippen LogP contribution in [0.4, 0.5) is 14.5 Å². The number of pyridine rings is 1. The van der Waals surface area contributed by atoms with Gasteiger partial charge in [-0.1, -0.05) is 6.07 Å². The molecule has 86 valence electrons. The van der Waals surface area contributed by atoms with Crippen molar-refractivity contribution in [2.75, 3.05) is 5.73 Å². The van der Waals surface area contributed by atoms with E-state index in [1.165, 1.54) is 24.4 Å². The summed E-state index contributed by atoms with van der Waals surface area (Å²) in [5, 5.41) is 0. The van der Waals surface area contributed by atoms with Gasteiger partial charge in [0.15, 0.2) is 0 Å². The van der Waals surface area contributed by atoms with Crippen LogP contribution in [0.2, 0.25) is 0 Å². The summed E-state index contributed by atoms with van der Waals surface area (Å²) in [7, 11) is 0. The molecule has 0 aliphatic carbocycles. The van der Waals surface area contributed by atoms with Gasteiger partial charge in [0.1, 0.15) is 17.3 Å². The number of hydrogen-bond donors (Lipinski definition) is 1. The molecule has 0 radical (unpaired) electrons. The quantitative estimate of drug-likeness (QED) is 0.810. The number of halogens is 2. The molecule has 5 heteroatoms. The highest BCUT2D eigenvalue weighted by molar-refractivity contribution is 6.10. The molecule has 0 aliphatic rings. The first-order valence-corrected chi connectivity index (χ1v) is 4.80. The Kier molecular flexibility index (Phi) is 2.82. The summed E-state index contributed by atoms with van der Waals surface area (Å²) in [6, 6.07) is 6.18. The highest BCUT2D eigenvalue weighted by Gasteiger charge is 2.21. The lowest BCUT2D eigenvalue weighted by molar-refractivity contribution is 0.102. The van der Waals surface area contributed by atoms with Crippen LogP contribution >= 0.6 is 0 Å². The summed E-state index contributed by atoms with van der Waals surface area (Å²) < 4.78 is 26.8. The van der Waals surface area contributed by atoms with E-state index in [0.717, 1.165) is 12.1 Å². The number of ketones is 1. The molecular weight excluding hydrogens is 226 g/mol. The minimum Gasteiger partial charge on any atom is -0.397 e. The molecule has 1 aromatic heterocycles. The molecule has 0 fully saturated rings. The predicted octanol–water partition coefficient (Wildman–Crippen LogP) is 2.17. The van der Waals surface area contributed by atoms with Crippen LogP contribution in [0.1, 0.15) is 16.1 Å². The number of carbonyl (C=O) groups excluding carboxylic acids is 1. The predicted molar refractivity (Wildman–Crippen MR) is 58.4 cm³/mol. The first-order valence-electron chi connectivity index (χ1n) is 4.80. The van der Waals surface area contributed by atoms with E-state index in [1.54, 1.807) is 0 Å². The van der Waals surface area contributed by atoms with Crippen molar-refractivity contribution in [3.05, 3.63) is 59.4 Å². The van der Waals surface area contributed by atoms with Gasteiger partial charge in [-0.15, -0.1) is 0 Å². The first kappa shape index (κ1) is 11.2. The fraction of sp³-hybridized carbons (Fsp3) is 0. The summed E-state index contributed by atoms with van der Waals surface area (Å²) in [6.07, 6.45) is 1.34. The highest BCUT2D eigenvalue weighted by atomic mass is 19.1. The summed E-state index contributed by atoms with van der Waals surface area (Å²) in [4.78, 5) is 15.6. The van der Waals surface area contributed by atoms with Gasteiger partial charge in [0, 0.05) is 6.20 Å². The lowest BCUT2D eigenvalue weighted by Gasteiger charge is -2.05. The van der Waals surface area contributed by atoms with Gasteiger partial charge in [-0.25, -0.2) is 8.78 Å². The summed E-state index contributed by atoms with van der Waals surface area (Å²) in [6.45, 7) is 0. The molecule has 0 spiro atoms. The van der Waals surface area contributed by atoms with Gasteiger partial charge in [0.2, 0.25) is 5.78 Å². The van der Waals surface area contributed by atoms with Gasteiger partial charge in [-0.2, -0.15) is 0 Å². The molecule has 3 nitrogen and oxygen atoms in total. The number of nitrogens with zero attached hydrogens (tertiary/aromatic N) is 1. The van der Waals surface area contributed by atoms with Crippen LogP contribution in [0.15, 0.2) is 36.5 Å². The molecule has 0 aliphatic heterocycles. The molecule has 1 aromatic carbocycles. The van der Waals surface area contributed by atoms with E-state index in [9.17, 15) is 13.6 Å². The maximum Gasteiger partial charge on any atom is 0.219 e. The number of hydrogen-bond acceptors (Lipinski definition) is 3. The maximum absolute atomic E-state index is 13.4.